The Morgan fingerprint density at radius 3 is 2.23 bits per heavy atom. The zero-order chi connectivity index (χ0) is 63.8. The first kappa shape index (κ1) is 66.4. The Balaban J connectivity index is 0.839. The summed E-state index contributed by atoms with van der Waals surface area (Å²) >= 11 is 1.54. The van der Waals surface area contributed by atoms with Gasteiger partial charge in [0, 0.05) is 56.2 Å². The Bertz CT molecular complexity index is 3330. The van der Waals surface area contributed by atoms with Gasteiger partial charge >= 0.3 is 18.2 Å². The Morgan fingerprint density at radius 2 is 1.57 bits per heavy atom. The third kappa shape index (κ3) is 17.6. The number of esters is 1. The van der Waals surface area contributed by atoms with Crippen molar-refractivity contribution < 1.29 is 60.8 Å². The fourth-order valence-electron chi connectivity index (χ4n) is 9.74. The van der Waals surface area contributed by atoms with Crippen LogP contribution in [0.15, 0.2) is 77.8 Å². The van der Waals surface area contributed by atoms with Crippen molar-refractivity contribution >= 4 is 64.7 Å². The SMILES string of the molecule is CC(=CCCC(=O)N(CC(=O)N=CCCCNc1ncnc2c1ncn2C1OC(CSCCC(NC(=O)OC(C)(C)C)C(=O)OC(C)(C)C)C2OC(C)(C)OC21)Cc1ccc(-c2nnc(C)nn2)cc1)CN(C)C(=O)c1ccc(C2(C(F)(F)F)NN2)cc1. The van der Waals surface area contributed by atoms with Crippen LogP contribution in [0.5, 0.6) is 0 Å². The Morgan fingerprint density at radius 1 is 0.886 bits per heavy atom. The van der Waals surface area contributed by atoms with Crippen molar-refractivity contribution in [1.82, 2.24) is 65.9 Å². The molecule has 3 fully saturated rings. The monoisotopic (exact) mass is 1240 g/mol. The lowest BCUT2D eigenvalue weighted by atomic mass is 10.0. The van der Waals surface area contributed by atoms with E-state index in [0.717, 1.165) is 11.1 Å². The first-order chi connectivity index (χ1) is 41.5. The molecule has 88 heavy (non-hydrogen) atoms. The number of hydrogen-bond donors (Lipinski definition) is 4. The molecule has 0 bridgehead atoms. The number of nitrogens with one attached hydrogen (secondary N) is 4. The molecule has 3 aromatic heterocycles. The van der Waals surface area contributed by atoms with E-state index >= 15 is 0 Å². The number of anilines is 1. The number of unbranched alkanes of at least 4 members (excludes halogenated alkanes) is 1. The minimum absolute atomic E-state index is 0.0393. The molecule has 5 unspecified atom stereocenters. The lowest BCUT2D eigenvalue weighted by Gasteiger charge is -2.26. The van der Waals surface area contributed by atoms with E-state index < -0.39 is 83.3 Å². The second-order valence-electron chi connectivity index (χ2n) is 24.1. The van der Waals surface area contributed by atoms with Gasteiger partial charge in [0.1, 0.15) is 42.3 Å². The normalized spacial score (nSPS) is 19.3. The number of thioether (sulfide) groups is 1. The van der Waals surface area contributed by atoms with Gasteiger partial charge in [-0.05, 0) is 124 Å². The summed E-state index contributed by atoms with van der Waals surface area (Å²) in [6.45, 7) is 18.1. The van der Waals surface area contributed by atoms with Gasteiger partial charge in [0.15, 0.2) is 34.8 Å². The van der Waals surface area contributed by atoms with Crippen LogP contribution in [0.1, 0.15) is 128 Å². The number of hydrogen-bond acceptors (Lipinski definition) is 21. The number of hydrazine groups is 1. The highest BCUT2D eigenvalue weighted by Gasteiger charge is 2.65. The van der Waals surface area contributed by atoms with Crippen LogP contribution in [-0.4, -0.2) is 171 Å². The number of fused-ring (bicyclic) bond motifs is 2. The van der Waals surface area contributed by atoms with Gasteiger partial charge in [0.2, 0.25) is 17.4 Å². The van der Waals surface area contributed by atoms with Crippen molar-refractivity contribution in [2.45, 2.75) is 167 Å². The average molecular weight is 1240 g/mol. The molecule has 4 N–H and O–H groups in total. The molecule has 474 valence electrons. The van der Waals surface area contributed by atoms with E-state index in [4.69, 9.17) is 23.7 Å². The number of alkyl carbamates (subject to hydrolysis) is 1. The molecule has 29 heteroatoms. The zero-order valence-electron chi connectivity index (χ0n) is 51.1. The van der Waals surface area contributed by atoms with Crippen LogP contribution < -0.4 is 21.5 Å². The number of likely N-dealkylation sites (N-methyl/N-ethyl adjacent to an activating group) is 1. The van der Waals surface area contributed by atoms with E-state index in [1.165, 1.54) is 58.4 Å². The molecular formula is C59H76F3N15O10S. The van der Waals surface area contributed by atoms with Crippen LogP contribution in [0.2, 0.25) is 0 Å². The van der Waals surface area contributed by atoms with E-state index in [1.54, 1.807) is 97.6 Å². The summed E-state index contributed by atoms with van der Waals surface area (Å²) in [6.07, 6.45) is 0.636. The quantitative estimate of drug-likeness (QED) is 0.0146. The van der Waals surface area contributed by atoms with Gasteiger partial charge < -0.3 is 44.1 Å². The molecule has 4 amide bonds. The predicted molar refractivity (Wildman–Crippen MR) is 319 cm³/mol. The van der Waals surface area contributed by atoms with Crippen LogP contribution in [0.25, 0.3) is 22.6 Å². The number of carbonyl (C=O) groups is 5. The molecule has 5 aromatic rings. The third-order valence-electron chi connectivity index (χ3n) is 13.9. The number of benzene rings is 2. The van der Waals surface area contributed by atoms with E-state index in [2.05, 4.69) is 61.8 Å². The smallest absolute Gasteiger partial charge is 0.426 e. The van der Waals surface area contributed by atoms with Crippen LogP contribution in [0.3, 0.4) is 0 Å². The highest BCUT2D eigenvalue weighted by molar-refractivity contribution is 7.99. The Hall–Kier alpha value is -7.57. The van der Waals surface area contributed by atoms with Crippen LogP contribution in [-0.2, 0) is 50.3 Å². The number of alkyl halides is 3. The van der Waals surface area contributed by atoms with Crippen molar-refractivity contribution in [2.75, 3.05) is 43.5 Å². The average Bonchev–Trinajstić information content (AvgIpc) is 1.78. The van der Waals surface area contributed by atoms with Crippen molar-refractivity contribution in [2.24, 2.45) is 4.99 Å². The molecule has 0 aliphatic carbocycles. The number of aryl methyl sites for hydroxylation is 1. The Kier molecular flexibility index (Phi) is 21.0. The first-order valence-electron chi connectivity index (χ1n) is 28.8. The summed E-state index contributed by atoms with van der Waals surface area (Å²) < 4.78 is 72.9. The van der Waals surface area contributed by atoms with Crippen molar-refractivity contribution in [3.05, 3.63) is 95.3 Å². The summed E-state index contributed by atoms with van der Waals surface area (Å²) in [5.41, 5.74) is 3.76. The molecule has 25 nitrogen and oxygen atoms in total. The molecule has 0 spiro atoms. The highest BCUT2D eigenvalue weighted by Crippen LogP contribution is 2.45. The zero-order valence-corrected chi connectivity index (χ0v) is 52.0. The molecule has 5 atom stereocenters. The van der Waals surface area contributed by atoms with Gasteiger partial charge in [-0.2, -0.15) is 24.9 Å². The maximum absolute atomic E-state index is 13.9. The number of imidazole rings is 1. The summed E-state index contributed by atoms with van der Waals surface area (Å²) in [7, 11) is 1.58. The number of halogens is 3. The minimum Gasteiger partial charge on any atom is -0.458 e. The summed E-state index contributed by atoms with van der Waals surface area (Å²) in [4.78, 5) is 87.1. The van der Waals surface area contributed by atoms with Crippen LogP contribution >= 0.6 is 11.8 Å². The number of rotatable bonds is 25. The molecular weight excluding hydrogens is 1170 g/mol. The molecule has 8 rings (SSSR count). The van der Waals surface area contributed by atoms with E-state index in [-0.39, 0.29) is 49.5 Å². The molecule has 3 saturated heterocycles. The number of ether oxygens (including phenoxy) is 5. The van der Waals surface area contributed by atoms with Gasteiger partial charge in [0.05, 0.1) is 12.4 Å². The van der Waals surface area contributed by atoms with E-state index in [0.29, 0.717) is 71.5 Å². The molecule has 3 aliphatic rings. The summed E-state index contributed by atoms with van der Waals surface area (Å²) in [5.74, 6) is -0.512. The lowest BCUT2D eigenvalue weighted by Crippen LogP contribution is -2.46. The van der Waals surface area contributed by atoms with Crippen LogP contribution in [0.4, 0.5) is 23.8 Å². The van der Waals surface area contributed by atoms with Crippen molar-refractivity contribution in [3.63, 3.8) is 0 Å². The standard InChI is InChI=1S/C59H76F3N15O10S/c1-35(29-75(11)51(80)39-21-23-40(24-22-39)58(73-74-58)59(60,61)62)15-14-16-44(79)76(30-37-17-19-38(20-18-37)48-71-69-36(2)70-72-48)31-43(78)63-26-12-13-27-64-49-45-50(66-33-65-49)77(34-67-45)52-47-46(84-57(9,10)85-47)42(83-52)32-88-28-25-41(53(81)86-55(3,4)5)68-54(82)87-56(6,7)8/h15,17-24,26,33-34,41-42,46-47,52,73-74H,12-14,16,25,27-32H2,1-11H3,(H,68,82)(H,64,65,66). The van der Waals surface area contributed by atoms with Gasteiger partial charge in [-0.15, -0.1) is 20.4 Å². The number of aliphatic imine (C=N–C) groups is 1. The predicted octanol–water partition coefficient (Wildman–Crippen LogP) is 7.30. The number of carbonyl (C=O) groups excluding carboxylic acids is 5. The molecule has 3 aliphatic heterocycles. The van der Waals surface area contributed by atoms with Gasteiger partial charge in [0.25, 0.3) is 11.8 Å². The maximum atomic E-state index is 13.9. The number of aromatic nitrogens is 8. The first-order valence-corrected chi connectivity index (χ1v) is 30.0. The molecule has 0 radical (unpaired) electrons. The van der Waals surface area contributed by atoms with Gasteiger partial charge in [-0.3, -0.25) is 19.0 Å². The van der Waals surface area contributed by atoms with Gasteiger partial charge in [-0.25, -0.2) is 40.4 Å². The molecule has 2 aromatic carbocycles. The number of amides is 4. The second kappa shape index (κ2) is 27.9. The fourth-order valence-corrected chi connectivity index (χ4v) is 10.8. The second-order valence-corrected chi connectivity index (χ2v) is 25.2. The topological polar surface area (TPSA) is 313 Å². The molecule has 6 heterocycles. The highest BCUT2D eigenvalue weighted by atomic mass is 32.2. The summed E-state index contributed by atoms with van der Waals surface area (Å²) in [5, 5.41) is 22.1. The molecule has 0 saturated carbocycles. The van der Waals surface area contributed by atoms with Crippen molar-refractivity contribution in [1.29, 1.82) is 0 Å². The lowest BCUT2D eigenvalue weighted by molar-refractivity contribution is -0.193. The number of nitrogens with zero attached hydrogens (tertiary/aromatic N) is 11. The van der Waals surface area contributed by atoms with Gasteiger partial charge in [-0.1, -0.05) is 48.0 Å². The largest absolute Gasteiger partial charge is 0.458 e. The Labute approximate surface area is 512 Å². The van der Waals surface area contributed by atoms with Crippen LogP contribution in [0, 0.1) is 6.92 Å². The number of allylic oxidation sites excluding steroid dienone is 1. The van der Waals surface area contributed by atoms with E-state index in [9.17, 15) is 37.1 Å². The van der Waals surface area contributed by atoms with Crippen molar-refractivity contribution in [3.8, 4) is 11.4 Å². The minimum atomic E-state index is -4.58. The fraction of sp³-hybridized carbons (Fsp3) is 0.542. The van der Waals surface area contributed by atoms with E-state index in [1.807, 2.05) is 19.9 Å². The summed E-state index contributed by atoms with van der Waals surface area (Å²) in [6, 6.07) is 11.4. The third-order valence-corrected chi connectivity index (χ3v) is 15.0. The maximum Gasteiger partial charge on any atom is 0.426 e.